The van der Waals surface area contributed by atoms with Gasteiger partial charge in [0, 0.05) is 17.6 Å². The van der Waals surface area contributed by atoms with E-state index in [9.17, 15) is 9.90 Å². The molecule has 6 nitrogen and oxygen atoms in total. The number of nitrogens with zero attached hydrogens (tertiary/aromatic N) is 4. The number of aromatic nitrogens is 4. The molecule has 4 aromatic rings. The zero-order valence-corrected chi connectivity index (χ0v) is 15.8. The first-order valence-corrected chi connectivity index (χ1v) is 9.00. The van der Waals surface area contributed by atoms with Gasteiger partial charge < -0.3 is 5.11 Å². The Balaban J connectivity index is 2.17. The van der Waals surface area contributed by atoms with Crippen LogP contribution in [0.5, 0.6) is 0 Å². The molecule has 3 aromatic heterocycles. The van der Waals surface area contributed by atoms with Gasteiger partial charge in [0.25, 0.3) is 5.56 Å². The lowest BCUT2D eigenvalue weighted by Gasteiger charge is -2.17. The number of rotatable bonds is 3. The molecular formula is C21H22N4O2. The van der Waals surface area contributed by atoms with Crippen molar-refractivity contribution in [3.05, 3.63) is 64.7 Å². The predicted molar refractivity (Wildman–Crippen MR) is 106 cm³/mol. The van der Waals surface area contributed by atoms with Crippen molar-refractivity contribution in [2.45, 2.75) is 39.3 Å². The fourth-order valence-electron chi connectivity index (χ4n) is 3.41. The second-order valence-corrected chi connectivity index (χ2v) is 7.57. The number of hydrogen-bond donors (Lipinski definition) is 1. The number of aliphatic hydroxyl groups is 1. The molecule has 3 heterocycles. The van der Waals surface area contributed by atoms with Crippen LogP contribution in [0.15, 0.2) is 53.5 Å². The molecule has 0 aliphatic rings. The van der Waals surface area contributed by atoms with Crippen LogP contribution in [0.2, 0.25) is 0 Å². The van der Waals surface area contributed by atoms with E-state index in [0.717, 1.165) is 21.9 Å². The van der Waals surface area contributed by atoms with Crippen LogP contribution in [0, 0.1) is 0 Å². The average molecular weight is 362 g/mol. The number of fused-ring (bicyclic) bond motifs is 3. The van der Waals surface area contributed by atoms with Crippen LogP contribution >= 0.6 is 0 Å². The third-order valence-corrected chi connectivity index (χ3v) is 4.67. The Hall–Kier alpha value is -2.99. The molecule has 0 aliphatic heterocycles. The maximum atomic E-state index is 12.2. The van der Waals surface area contributed by atoms with Crippen LogP contribution in [0.1, 0.15) is 39.4 Å². The van der Waals surface area contributed by atoms with Crippen LogP contribution in [0.4, 0.5) is 0 Å². The molecule has 4 rings (SSSR count). The maximum absolute atomic E-state index is 12.2. The van der Waals surface area contributed by atoms with Gasteiger partial charge in [0.1, 0.15) is 11.3 Å². The van der Waals surface area contributed by atoms with Crippen molar-refractivity contribution in [1.29, 1.82) is 0 Å². The van der Waals surface area contributed by atoms with Crippen molar-refractivity contribution in [3.63, 3.8) is 0 Å². The lowest BCUT2D eigenvalue weighted by Crippen LogP contribution is -2.24. The Kier molecular flexibility index (Phi) is 3.89. The van der Waals surface area contributed by atoms with Gasteiger partial charge in [0.05, 0.1) is 22.8 Å². The van der Waals surface area contributed by atoms with Gasteiger partial charge in [-0.15, -0.1) is 0 Å². The van der Waals surface area contributed by atoms with Crippen LogP contribution in [-0.2, 0) is 5.60 Å². The number of hydrogen-bond acceptors (Lipinski definition) is 4. The highest BCUT2D eigenvalue weighted by molar-refractivity contribution is 6.03. The van der Waals surface area contributed by atoms with Crippen molar-refractivity contribution in [2.24, 2.45) is 0 Å². The van der Waals surface area contributed by atoms with Gasteiger partial charge in [-0.25, -0.2) is 9.20 Å². The Bertz CT molecular complexity index is 1210. The molecule has 1 N–H and O–H groups in total. The van der Waals surface area contributed by atoms with Gasteiger partial charge in [0.15, 0.2) is 0 Å². The fourth-order valence-corrected chi connectivity index (χ4v) is 3.41. The Labute approximate surface area is 156 Å². The average Bonchev–Trinajstić information content (AvgIpc) is 3.02. The predicted octanol–water partition coefficient (Wildman–Crippen LogP) is 3.52. The zero-order valence-electron chi connectivity index (χ0n) is 15.8. The summed E-state index contributed by atoms with van der Waals surface area (Å²) in [5.74, 6) is 0. The standard InChI is InChI=1S/C21H22N4O2/c1-13(2)25-17(26)10-9-16(22-25)18-19-15-8-6-5-7-14(15)11-12-24(19)23-20(18)21(3,4)27/h5-13,27H,1-4H3. The molecule has 0 bridgehead atoms. The molecule has 0 spiro atoms. The van der Waals surface area contributed by atoms with Crippen molar-refractivity contribution in [2.75, 3.05) is 0 Å². The summed E-state index contributed by atoms with van der Waals surface area (Å²) in [5, 5.41) is 22.1. The largest absolute Gasteiger partial charge is 0.384 e. The zero-order chi connectivity index (χ0) is 19.3. The van der Waals surface area contributed by atoms with Crippen molar-refractivity contribution < 1.29 is 5.11 Å². The molecule has 0 atom stereocenters. The fraction of sp³-hybridized carbons (Fsp3) is 0.286. The van der Waals surface area contributed by atoms with Crippen LogP contribution < -0.4 is 5.56 Å². The molecular weight excluding hydrogens is 340 g/mol. The van der Waals surface area contributed by atoms with E-state index >= 15 is 0 Å². The summed E-state index contributed by atoms with van der Waals surface area (Å²) in [7, 11) is 0. The van der Waals surface area contributed by atoms with Gasteiger partial charge in [-0.3, -0.25) is 4.79 Å². The van der Waals surface area contributed by atoms with Crippen LogP contribution in [0.25, 0.3) is 27.5 Å². The summed E-state index contributed by atoms with van der Waals surface area (Å²) < 4.78 is 3.23. The molecule has 0 fully saturated rings. The minimum atomic E-state index is -1.16. The Morgan fingerprint density at radius 3 is 2.48 bits per heavy atom. The summed E-state index contributed by atoms with van der Waals surface area (Å²) in [4.78, 5) is 12.2. The molecule has 0 unspecified atom stereocenters. The summed E-state index contributed by atoms with van der Waals surface area (Å²) in [6.45, 7) is 7.25. The number of pyridine rings is 1. The lowest BCUT2D eigenvalue weighted by atomic mass is 9.96. The molecule has 27 heavy (non-hydrogen) atoms. The molecule has 0 saturated heterocycles. The summed E-state index contributed by atoms with van der Waals surface area (Å²) in [5.41, 5.74) is 1.44. The number of benzene rings is 1. The molecule has 138 valence electrons. The van der Waals surface area contributed by atoms with E-state index in [2.05, 4.69) is 10.2 Å². The first-order valence-electron chi connectivity index (χ1n) is 9.00. The SMILES string of the molecule is CC(C)n1nc(-c2c(C(C)(C)O)nn3ccc4ccccc4c23)ccc1=O. The van der Waals surface area contributed by atoms with Gasteiger partial charge in [-0.1, -0.05) is 24.3 Å². The van der Waals surface area contributed by atoms with E-state index in [1.54, 1.807) is 24.4 Å². The quantitative estimate of drug-likeness (QED) is 0.605. The third kappa shape index (κ3) is 2.82. The summed E-state index contributed by atoms with van der Waals surface area (Å²) in [6.07, 6.45) is 1.88. The smallest absolute Gasteiger partial charge is 0.267 e. The van der Waals surface area contributed by atoms with Gasteiger partial charge in [-0.2, -0.15) is 10.2 Å². The third-order valence-electron chi connectivity index (χ3n) is 4.67. The second kappa shape index (κ2) is 6.03. The van der Waals surface area contributed by atoms with Gasteiger partial charge in [-0.05, 0) is 45.2 Å². The molecule has 0 radical (unpaired) electrons. The van der Waals surface area contributed by atoms with Crippen molar-refractivity contribution in [3.8, 4) is 11.3 Å². The minimum Gasteiger partial charge on any atom is -0.384 e. The maximum Gasteiger partial charge on any atom is 0.267 e. The molecule has 1 aromatic carbocycles. The summed E-state index contributed by atoms with van der Waals surface area (Å²) in [6, 6.07) is 13.2. The Morgan fingerprint density at radius 1 is 1.04 bits per heavy atom. The molecule has 6 heteroatoms. The Morgan fingerprint density at radius 2 is 1.78 bits per heavy atom. The van der Waals surface area contributed by atoms with E-state index in [1.165, 1.54) is 10.7 Å². The van der Waals surface area contributed by atoms with E-state index in [-0.39, 0.29) is 11.6 Å². The van der Waals surface area contributed by atoms with Crippen molar-refractivity contribution >= 4 is 16.3 Å². The highest BCUT2D eigenvalue weighted by Gasteiger charge is 2.29. The van der Waals surface area contributed by atoms with Gasteiger partial charge in [0.2, 0.25) is 0 Å². The van der Waals surface area contributed by atoms with Crippen LogP contribution in [0.3, 0.4) is 0 Å². The van der Waals surface area contributed by atoms with E-state index < -0.39 is 5.60 Å². The van der Waals surface area contributed by atoms with E-state index in [0.29, 0.717) is 11.4 Å². The van der Waals surface area contributed by atoms with E-state index in [1.807, 2.05) is 50.4 Å². The van der Waals surface area contributed by atoms with Crippen molar-refractivity contribution in [1.82, 2.24) is 19.4 Å². The highest BCUT2D eigenvalue weighted by Crippen LogP contribution is 2.36. The molecule has 0 saturated carbocycles. The van der Waals surface area contributed by atoms with E-state index in [4.69, 9.17) is 0 Å². The minimum absolute atomic E-state index is 0.0679. The topological polar surface area (TPSA) is 72.4 Å². The first-order chi connectivity index (χ1) is 12.8. The summed E-state index contributed by atoms with van der Waals surface area (Å²) >= 11 is 0. The molecule has 0 amide bonds. The van der Waals surface area contributed by atoms with Crippen LogP contribution in [-0.4, -0.2) is 24.5 Å². The van der Waals surface area contributed by atoms with Gasteiger partial charge >= 0.3 is 0 Å². The first kappa shape index (κ1) is 17.4. The second-order valence-electron chi connectivity index (χ2n) is 7.57. The normalized spacial score (nSPS) is 12.4. The molecule has 0 aliphatic carbocycles. The lowest BCUT2D eigenvalue weighted by molar-refractivity contribution is 0.0741. The monoisotopic (exact) mass is 362 g/mol. The highest BCUT2D eigenvalue weighted by atomic mass is 16.3.